The first-order valence-electron chi connectivity index (χ1n) is 14.6. The highest BCUT2D eigenvalue weighted by Gasteiger charge is 2.32. The molecule has 0 aliphatic carbocycles. The zero-order chi connectivity index (χ0) is 30.9. The smallest absolute Gasteiger partial charge is 0.252 e. The minimum Gasteiger partial charge on any atom is -0.493 e. The Balaban J connectivity index is 1.35. The second kappa shape index (κ2) is 14.5. The van der Waals surface area contributed by atoms with Crippen LogP contribution in [0, 0.1) is 0 Å². The van der Waals surface area contributed by atoms with Gasteiger partial charge in [0.25, 0.3) is 5.91 Å². The number of rotatable bonds is 11. The van der Waals surface area contributed by atoms with E-state index >= 15 is 0 Å². The highest BCUT2D eigenvalue weighted by atomic mass is 16.5. The molecule has 0 radical (unpaired) electrons. The van der Waals surface area contributed by atoms with Crippen molar-refractivity contribution >= 4 is 11.8 Å². The van der Waals surface area contributed by atoms with Crippen molar-refractivity contribution in [1.29, 1.82) is 0 Å². The van der Waals surface area contributed by atoms with Crippen LogP contribution < -0.4 is 19.5 Å². The average Bonchev–Trinajstić information content (AvgIpc) is 3.08. The molecule has 0 spiro atoms. The second-order valence-corrected chi connectivity index (χ2v) is 10.6. The van der Waals surface area contributed by atoms with E-state index in [4.69, 9.17) is 14.2 Å². The lowest BCUT2D eigenvalue weighted by atomic mass is 9.96. The van der Waals surface area contributed by atoms with Gasteiger partial charge in [0, 0.05) is 50.6 Å². The summed E-state index contributed by atoms with van der Waals surface area (Å²) in [6, 6.07) is 27.1. The molecule has 1 fully saturated rings. The molecule has 9 heteroatoms. The number of hydrogen-bond acceptors (Lipinski definition) is 7. The summed E-state index contributed by atoms with van der Waals surface area (Å²) in [5.74, 6) is 0.546. The molecule has 0 saturated carbocycles. The maximum atomic E-state index is 14.0. The van der Waals surface area contributed by atoms with Crippen LogP contribution in [0.2, 0.25) is 0 Å². The topological polar surface area (TPSA) is 93.2 Å². The van der Waals surface area contributed by atoms with E-state index in [-0.39, 0.29) is 11.9 Å². The number of carbonyl (C=O) groups excluding carboxylic acids is 2. The van der Waals surface area contributed by atoms with Gasteiger partial charge in [-0.05, 0) is 34.9 Å². The zero-order valence-electron chi connectivity index (χ0n) is 25.3. The van der Waals surface area contributed by atoms with E-state index in [9.17, 15) is 9.59 Å². The van der Waals surface area contributed by atoms with E-state index in [1.54, 1.807) is 24.5 Å². The number of aromatic nitrogens is 1. The van der Waals surface area contributed by atoms with Crippen molar-refractivity contribution in [2.45, 2.75) is 18.5 Å². The third kappa shape index (κ3) is 7.01. The lowest BCUT2D eigenvalue weighted by Crippen LogP contribution is -2.56. The van der Waals surface area contributed by atoms with Crippen molar-refractivity contribution < 1.29 is 23.8 Å². The normalized spacial score (nSPS) is 14.1. The van der Waals surface area contributed by atoms with Crippen LogP contribution in [0.5, 0.6) is 17.2 Å². The Morgan fingerprint density at radius 3 is 1.89 bits per heavy atom. The SMILES string of the molecule is COc1cc(C(=O)N[C@@H](Cc2cccnc2)C(=O)N2CCN(C(c3ccccc3)c3ccccc3)CC2)cc(OC)c1OC. The highest BCUT2D eigenvalue weighted by Crippen LogP contribution is 2.38. The lowest BCUT2D eigenvalue weighted by molar-refractivity contribution is -0.135. The van der Waals surface area contributed by atoms with Crippen molar-refractivity contribution in [3.63, 3.8) is 0 Å². The number of hydrogen-bond donors (Lipinski definition) is 1. The largest absolute Gasteiger partial charge is 0.493 e. The standard InChI is InChI=1S/C35H38N4O5/c1-42-30-22-28(23-31(43-2)33(30)44-3)34(40)37-29(21-25-11-10-16-36-24-25)35(41)39-19-17-38(18-20-39)32(26-12-6-4-7-13-26)27-14-8-5-9-15-27/h4-16,22-24,29,32H,17-21H2,1-3H3,(H,37,40)/t29-/m0/s1. The fourth-order valence-corrected chi connectivity index (χ4v) is 5.71. The number of methoxy groups -OCH3 is 3. The number of carbonyl (C=O) groups is 2. The summed E-state index contributed by atoms with van der Waals surface area (Å²) in [4.78, 5) is 36.1. The molecule has 0 unspecified atom stereocenters. The molecule has 5 rings (SSSR count). The van der Waals surface area contributed by atoms with Crippen LogP contribution >= 0.6 is 0 Å². The number of benzene rings is 3. The Bertz CT molecular complexity index is 1460. The zero-order valence-corrected chi connectivity index (χ0v) is 25.3. The van der Waals surface area contributed by atoms with Crippen LogP contribution in [-0.4, -0.2) is 80.1 Å². The van der Waals surface area contributed by atoms with Gasteiger partial charge in [0.05, 0.1) is 27.4 Å². The lowest BCUT2D eigenvalue weighted by Gasteiger charge is -2.40. The van der Waals surface area contributed by atoms with Crippen LogP contribution in [0.3, 0.4) is 0 Å². The molecule has 1 aliphatic rings. The third-order valence-corrected chi connectivity index (χ3v) is 7.91. The molecule has 2 amide bonds. The third-order valence-electron chi connectivity index (χ3n) is 7.91. The van der Waals surface area contributed by atoms with Crippen LogP contribution in [0.15, 0.2) is 97.3 Å². The summed E-state index contributed by atoms with van der Waals surface area (Å²) in [5, 5.41) is 2.98. The summed E-state index contributed by atoms with van der Waals surface area (Å²) in [5.41, 5.74) is 3.57. The van der Waals surface area contributed by atoms with Crippen LogP contribution in [0.4, 0.5) is 0 Å². The minimum atomic E-state index is -0.795. The van der Waals surface area contributed by atoms with E-state index in [1.165, 1.54) is 32.5 Å². The molecule has 1 aliphatic heterocycles. The van der Waals surface area contributed by atoms with Gasteiger partial charge in [0.2, 0.25) is 11.7 Å². The molecule has 3 aromatic carbocycles. The van der Waals surface area contributed by atoms with Gasteiger partial charge in [-0.15, -0.1) is 0 Å². The Morgan fingerprint density at radius 2 is 1.39 bits per heavy atom. The number of piperazine rings is 1. The summed E-state index contributed by atoms with van der Waals surface area (Å²) >= 11 is 0. The summed E-state index contributed by atoms with van der Waals surface area (Å²) < 4.78 is 16.3. The Kier molecular flexibility index (Phi) is 10.1. The second-order valence-electron chi connectivity index (χ2n) is 10.6. The van der Waals surface area contributed by atoms with E-state index < -0.39 is 11.9 Å². The molecule has 0 bridgehead atoms. The molecule has 1 saturated heterocycles. The fourth-order valence-electron chi connectivity index (χ4n) is 5.71. The molecule has 9 nitrogen and oxygen atoms in total. The maximum absolute atomic E-state index is 14.0. The van der Waals surface area contributed by atoms with Crippen LogP contribution in [0.25, 0.3) is 0 Å². The number of pyridine rings is 1. The number of nitrogens with one attached hydrogen (secondary N) is 1. The molecule has 1 atom stereocenters. The summed E-state index contributed by atoms with van der Waals surface area (Å²) in [6.45, 7) is 2.47. The molecule has 1 N–H and O–H groups in total. The van der Waals surface area contributed by atoms with Gasteiger partial charge in [0.15, 0.2) is 11.5 Å². The van der Waals surface area contributed by atoms with Crippen LogP contribution in [-0.2, 0) is 11.2 Å². The summed E-state index contributed by atoms with van der Waals surface area (Å²) in [6.07, 6.45) is 3.71. The van der Waals surface area contributed by atoms with Gasteiger partial charge in [-0.25, -0.2) is 0 Å². The first kappa shape index (κ1) is 30.6. The van der Waals surface area contributed by atoms with E-state index in [1.807, 2.05) is 29.2 Å². The van der Waals surface area contributed by atoms with Crippen LogP contribution in [0.1, 0.15) is 33.1 Å². The van der Waals surface area contributed by atoms with Gasteiger partial charge < -0.3 is 24.4 Å². The Morgan fingerprint density at radius 1 is 0.795 bits per heavy atom. The predicted molar refractivity (Wildman–Crippen MR) is 168 cm³/mol. The minimum absolute atomic E-state index is 0.0839. The molecule has 1 aromatic heterocycles. The number of ether oxygens (including phenoxy) is 3. The van der Waals surface area contributed by atoms with Gasteiger partial charge in [-0.3, -0.25) is 19.5 Å². The molecule has 2 heterocycles. The Labute approximate surface area is 258 Å². The molecule has 228 valence electrons. The average molecular weight is 595 g/mol. The van der Waals surface area contributed by atoms with Crippen molar-refractivity contribution in [2.75, 3.05) is 47.5 Å². The molecular formula is C35H38N4O5. The van der Waals surface area contributed by atoms with Gasteiger partial charge in [-0.1, -0.05) is 66.7 Å². The number of nitrogens with zero attached hydrogens (tertiary/aromatic N) is 3. The fraction of sp³-hybridized carbons (Fsp3) is 0.286. The van der Waals surface area contributed by atoms with E-state index in [0.717, 1.165) is 5.56 Å². The first-order valence-corrected chi connectivity index (χ1v) is 14.6. The number of amides is 2. The predicted octanol–water partition coefficient (Wildman–Crippen LogP) is 4.38. The quantitative estimate of drug-likeness (QED) is 0.276. The van der Waals surface area contributed by atoms with Gasteiger partial charge in [0.1, 0.15) is 6.04 Å². The maximum Gasteiger partial charge on any atom is 0.252 e. The molecule has 4 aromatic rings. The van der Waals surface area contributed by atoms with Gasteiger partial charge >= 0.3 is 0 Å². The molecular weight excluding hydrogens is 556 g/mol. The van der Waals surface area contributed by atoms with Crippen molar-refractivity contribution in [1.82, 2.24) is 20.1 Å². The highest BCUT2D eigenvalue weighted by molar-refractivity contribution is 5.98. The first-order chi connectivity index (χ1) is 21.5. The van der Waals surface area contributed by atoms with Gasteiger partial charge in [-0.2, -0.15) is 0 Å². The van der Waals surface area contributed by atoms with Crippen molar-refractivity contribution in [2.24, 2.45) is 0 Å². The summed E-state index contributed by atoms with van der Waals surface area (Å²) in [7, 11) is 4.49. The van der Waals surface area contributed by atoms with E-state index in [2.05, 4.69) is 63.7 Å². The van der Waals surface area contributed by atoms with E-state index in [0.29, 0.717) is 55.4 Å². The Hall–Kier alpha value is -4.89. The molecule has 44 heavy (non-hydrogen) atoms. The monoisotopic (exact) mass is 594 g/mol. The van der Waals surface area contributed by atoms with Crippen molar-refractivity contribution in [3.05, 3.63) is 120 Å². The van der Waals surface area contributed by atoms with Crippen molar-refractivity contribution in [3.8, 4) is 17.2 Å².